The Bertz CT molecular complexity index is 784. The van der Waals surface area contributed by atoms with Crippen LogP contribution in [0.3, 0.4) is 0 Å². The molecule has 110 valence electrons. The lowest BCUT2D eigenvalue weighted by Gasteiger charge is -2.62. The number of hydrogen-bond acceptors (Lipinski definition) is 4. The first kappa shape index (κ1) is 13.1. The highest BCUT2D eigenvalue weighted by molar-refractivity contribution is 6.18. The van der Waals surface area contributed by atoms with Crippen LogP contribution in [0.15, 0.2) is 29.3 Å². The van der Waals surface area contributed by atoms with Gasteiger partial charge in [0, 0.05) is 11.1 Å². The van der Waals surface area contributed by atoms with Crippen molar-refractivity contribution in [2.24, 2.45) is 22.2 Å². The zero-order chi connectivity index (χ0) is 15.5. The molecule has 0 spiro atoms. The minimum atomic E-state index is -0.736. The summed E-state index contributed by atoms with van der Waals surface area (Å²) in [5.41, 5.74) is 2.33. The van der Waals surface area contributed by atoms with Crippen molar-refractivity contribution in [1.29, 1.82) is 10.7 Å². The minimum absolute atomic E-state index is 0.0623. The summed E-state index contributed by atoms with van der Waals surface area (Å²) in [5, 5.41) is 36.6. The Hall–Kier alpha value is -2.61. The molecule has 5 nitrogen and oxygen atoms in total. The van der Waals surface area contributed by atoms with Crippen LogP contribution < -0.4 is 0 Å². The molecule has 5 heteroatoms. The lowest BCUT2D eigenvalue weighted by Crippen LogP contribution is -2.57. The summed E-state index contributed by atoms with van der Waals surface area (Å²) in [4.78, 5) is 4.37. The number of aromatic hydroxyl groups is 2. The maximum absolute atomic E-state index is 9.70. The lowest BCUT2D eigenvalue weighted by atomic mass is 9.42. The van der Waals surface area contributed by atoms with Gasteiger partial charge in [-0.15, -0.1) is 0 Å². The second-order valence-corrected chi connectivity index (χ2v) is 6.51. The SMILES string of the molecule is N#CC1C(=N)N=C(C23CC(C2)C3)C=C1c1ccc(O)c(O)c1. The second kappa shape index (κ2) is 4.20. The number of phenolic OH excluding ortho intramolecular Hbond substituents is 2. The molecule has 1 heterocycles. The highest BCUT2D eigenvalue weighted by atomic mass is 16.3. The number of aliphatic imine (C=N–C) groups is 1. The van der Waals surface area contributed by atoms with Crippen molar-refractivity contribution in [1.82, 2.24) is 0 Å². The number of nitrogens with zero attached hydrogens (tertiary/aromatic N) is 2. The minimum Gasteiger partial charge on any atom is -0.504 e. The van der Waals surface area contributed by atoms with Crippen molar-refractivity contribution >= 4 is 17.1 Å². The normalized spacial score (nSPS) is 32.2. The molecular formula is C17H15N3O2. The van der Waals surface area contributed by atoms with E-state index in [2.05, 4.69) is 11.1 Å². The summed E-state index contributed by atoms with van der Waals surface area (Å²) in [5.74, 6) is -0.291. The van der Waals surface area contributed by atoms with Crippen molar-refractivity contribution < 1.29 is 10.2 Å². The van der Waals surface area contributed by atoms with Crippen LogP contribution in [0.2, 0.25) is 0 Å². The quantitative estimate of drug-likeness (QED) is 0.731. The van der Waals surface area contributed by atoms with E-state index in [1.54, 1.807) is 6.07 Å². The summed E-state index contributed by atoms with van der Waals surface area (Å²) >= 11 is 0. The first-order chi connectivity index (χ1) is 10.5. The largest absolute Gasteiger partial charge is 0.504 e. The molecule has 1 aliphatic heterocycles. The standard InChI is InChI=1S/C17H15N3O2/c18-8-12-11(10-1-2-13(21)14(22)3-10)4-15(20-16(12)19)17-5-9(6-17)7-17/h1-4,9,12,19,21-22H,5-7H2. The molecule has 0 aromatic heterocycles. The molecule has 0 amide bonds. The predicted molar refractivity (Wildman–Crippen MR) is 81.8 cm³/mol. The number of rotatable bonds is 2. The monoisotopic (exact) mass is 293 g/mol. The molecule has 3 fully saturated rings. The van der Waals surface area contributed by atoms with E-state index in [-0.39, 0.29) is 22.7 Å². The van der Waals surface area contributed by atoms with Crippen molar-refractivity contribution in [3.63, 3.8) is 0 Å². The smallest absolute Gasteiger partial charge is 0.158 e. The van der Waals surface area contributed by atoms with E-state index in [1.807, 2.05) is 6.08 Å². The Morgan fingerprint density at radius 3 is 2.50 bits per heavy atom. The first-order valence-corrected chi connectivity index (χ1v) is 7.33. The van der Waals surface area contributed by atoms with Gasteiger partial charge in [-0.1, -0.05) is 6.07 Å². The Labute approximate surface area is 127 Å². The molecule has 5 rings (SSSR count). The maximum Gasteiger partial charge on any atom is 0.158 e. The van der Waals surface area contributed by atoms with Gasteiger partial charge in [0.2, 0.25) is 0 Å². The van der Waals surface area contributed by atoms with Crippen LogP contribution in [0.1, 0.15) is 24.8 Å². The van der Waals surface area contributed by atoms with Gasteiger partial charge < -0.3 is 10.2 Å². The molecule has 22 heavy (non-hydrogen) atoms. The maximum atomic E-state index is 9.70. The molecule has 3 saturated carbocycles. The highest BCUT2D eigenvalue weighted by Gasteiger charge is 2.59. The molecule has 0 radical (unpaired) electrons. The van der Waals surface area contributed by atoms with Crippen LogP contribution >= 0.6 is 0 Å². The van der Waals surface area contributed by atoms with Gasteiger partial charge in [-0.2, -0.15) is 5.26 Å². The summed E-state index contributed by atoms with van der Waals surface area (Å²) < 4.78 is 0. The van der Waals surface area contributed by atoms with E-state index >= 15 is 0 Å². The van der Waals surface area contributed by atoms with Gasteiger partial charge in [0.1, 0.15) is 11.8 Å². The van der Waals surface area contributed by atoms with E-state index in [1.165, 1.54) is 12.1 Å². The third kappa shape index (κ3) is 1.64. The molecule has 3 N–H and O–H groups in total. The summed E-state index contributed by atoms with van der Waals surface area (Å²) in [6.07, 6.45) is 5.29. The first-order valence-electron chi connectivity index (χ1n) is 7.33. The fourth-order valence-corrected chi connectivity index (χ4v) is 3.75. The summed E-state index contributed by atoms with van der Waals surface area (Å²) in [6, 6.07) is 6.60. The zero-order valence-corrected chi connectivity index (χ0v) is 11.9. The fourth-order valence-electron chi connectivity index (χ4n) is 3.75. The van der Waals surface area contributed by atoms with Gasteiger partial charge in [-0.3, -0.25) is 5.41 Å². The Morgan fingerprint density at radius 1 is 1.23 bits per heavy atom. The van der Waals surface area contributed by atoms with E-state index < -0.39 is 5.92 Å². The van der Waals surface area contributed by atoms with E-state index in [9.17, 15) is 15.5 Å². The lowest BCUT2D eigenvalue weighted by molar-refractivity contribution is -0.0394. The van der Waals surface area contributed by atoms with Crippen molar-refractivity contribution in [2.75, 3.05) is 0 Å². The van der Waals surface area contributed by atoms with Gasteiger partial charge in [-0.25, -0.2) is 4.99 Å². The average molecular weight is 293 g/mol. The third-order valence-electron chi connectivity index (χ3n) is 5.14. The van der Waals surface area contributed by atoms with Crippen molar-refractivity contribution in [3.8, 4) is 17.6 Å². The number of hydrogen-bond donors (Lipinski definition) is 3. The van der Waals surface area contributed by atoms with E-state index in [0.29, 0.717) is 11.1 Å². The predicted octanol–water partition coefficient (Wildman–Crippen LogP) is 2.85. The number of allylic oxidation sites excluding steroid dienone is 1. The summed E-state index contributed by atoms with van der Waals surface area (Å²) in [7, 11) is 0. The number of amidine groups is 1. The third-order valence-corrected chi connectivity index (χ3v) is 5.14. The van der Waals surface area contributed by atoms with Crippen LogP contribution in [0, 0.1) is 34.0 Å². The van der Waals surface area contributed by atoms with Crippen molar-refractivity contribution in [3.05, 3.63) is 29.8 Å². The Morgan fingerprint density at radius 2 is 1.95 bits per heavy atom. The molecular weight excluding hydrogens is 278 g/mol. The van der Waals surface area contributed by atoms with Crippen LogP contribution in [-0.2, 0) is 0 Å². The number of nitriles is 1. The molecule has 2 bridgehead atoms. The molecule has 0 saturated heterocycles. The summed E-state index contributed by atoms with van der Waals surface area (Å²) in [6.45, 7) is 0. The van der Waals surface area contributed by atoms with Crippen LogP contribution in [0.4, 0.5) is 0 Å². The van der Waals surface area contributed by atoms with Gasteiger partial charge in [0.15, 0.2) is 11.5 Å². The fraction of sp³-hybridized carbons (Fsp3) is 0.353. The Balaban J connectivity index is 1.79. The topological polar surface area (TPSA) is 100 Å². The molecule has 1 aromatic rings. The van der Waals surface area contributed by atoms with Crippen LogP contribution in [0.5, 0.6) is 11.5 Å². The molecule has 4 aliphatic rings. The molecule has 1 aromatic carbocycles. The average Bonchev–Trinajstić information content (AvgIpc) is 2.38. The molecule has 1 atom stereocenters. The van der Waals surface area contributed by atoms with E-state index in [0.717, 1.165) is 30.9 Å². The molecule has 3 aliphatic carbocycles. The van der Waals surface area contributed by atoms with Crippen LogP contribution in [-0.4, -0.2) is 21.8 Å². The molecule has 1 unspecified atom stereocenters. The van der Waals surface area contributed by atoms with Gasteiger partial charge >= 0.3 is 0 Å². The van der Waals surface area contributed by atoms with Gasteiger partial charge in [0.05, 0.1) is 6.07 Å². The van der Waals surface area contributed by atoms with E-state index in [4.69, 9.17) is 5.41 Å². The number of nitrogens with one attached hydrogen (secondary N) is 1. The Kier molecular flexibility index (Phi) is 2.50. The number of phenols is 2. The highest BCUT2D eigenvalue weighted by Crippen LogP contribution is 2.65. The zero-order valence-electron chi connectivity index (χ0n) is 11.9. The number of benzene rings is 1. The number of dihydropyridines is 1. The van der Waals surface area contributed by atoms with Gasteiger partial charge in [0.25, 0.3) is 0 Å². The van der Waals surface area contributed by atoms with Crippen LogP contribution in [0.25, 0.3) is 5.57 Å². The van der Waals surface area contributed by atoms with Gasteiger partial charge in [-0.05, 0) is 54.5 Å². The van der Waals surface area contributed by atoms with Crippen molar-refractivity contribution in [2.45, 2.75) is 19.3 Å². The second-order valence-electron chi connectivity index (χ2n) is 6.51.